The number of nitrogens with one attached hydrogen (secondary N) is 1. The maximum absolute atomic E-state index is 12.2. The lowest BCUT2D eigenvalue weighted by Crippen LogP contribution is -2.18. The first-order chi connectivity index (χ1) is 12.3. The summed E-state index contributed by atoms with van der Waals surface area (Å²) in [7, 11) is 1.59. The number of methoxy groups -OCH3 is 1. The van der Waals surface area contributed by atoms with Crippen molar-refractivity contribution in [1.82, 2.24) is 5.43 Å². The summed E-state index contributed by atoms with van der Waals surface area (Å²) in [5.74, 6) is 1.05. The minimum Gasteiger partial charge on any atom is -0.493 e. The second kappa shape index (κ2) is 8.52. The SMILES string of the molecule is CCOc1cc(/C=N/NC(=O)c2ccc(C(C)(C)C)cc2)ccc1OC. The van der Waals surface area contributed by atoms with Crippen LogP contribution in [0.1, 0.15) is 49.2 Å². The highest BCUT2D eigenvalue weighted by Crippen LogP contribution is 2.27. The van der Waals surface area contributed by atoms with Crippen LogP contribution in [0.25, 0.3) is 0 Å². The lowest BCUT2D eigenvalue weighted by atomic mass is 9.87. The van der Waals surface area contributed by atoms with Gasteiger partial charge in [0.15, 0.2) is 11.5 Å². The van der Waals surface area contributed by atoms with Crippen molar-refractivity contribution in [3.63, 3.8) is 0 Å². The van der Waals surface area contributed by atoms with Crippen LogP contribution in [-0.2, 0) is 5.41 Å². The predicted octanol–water partition coefficient (Wildman–Crippen LogP) is 4.16. The molecule has 5 heteroatoms. The number of hydrazone groups is 1. The second-order valence-electron chi connectivity index (χ2n) is 6.87. The molecule has 0 aliphatic heterocycles. The summed E-state index contributed by atoms with van der Waals surface area (Å²) in [6, 6.07) is 13.0. The maximum Gasteiger partial charge on any atom is 0.271 e. The molecule has 2 aromatic carbocycles. The summed E-state index contributed by atoms with van der Waals surface area (Å²) in [6.07, 6.45) is 1.57. The van der Waals surface area contributed by atoms with Crippen LogP contribution in [0.2, 0.25) is 0 Å². The van der Waals surface area contributed by atoms with Gasteiger partial charge in [0, 0.05) is 5.56 Å². The molecule has 0 aliphatic rings. The quantitative estimate of drug-likeness (QED) is 0.626. The van der Waals surface area contributed by atoms with Crippen molar-refractivity contribution in [2.24, 2.45) is 5.10 Å². The predicted molar refractivity (Wildman–Crippen MR) is 104 cm³/mol. The molecule has 0 spiro atoms. The van der Waals surface area contributed by atoms with Gasteiger partial charge in [0.05, 0.1) is 19.9 Å². The average Bonchev–Trinajstić information content (AvgIpc) is 2.61. The largest absolute Gasteiger partial charge is 0.493 e. The zero-order valence-corrected chi connectivity index (χ0v) is 16.0. The van der Waals surface area contributed by atoms with Gasteiger partial charge in [-0.3, -0.25) is 4.79 Å². The number of carbonyl (C=O) groups is 1. The number of carbonyl (C=O) groups excluding carboxylic acids is 1. The van der Waals surface area contributed by atoms with Crippen molar-refractivity contribution in [2.45, 2.75) is 33.1 Å². The van der Waals surface area contributed by atoms with Crippen LogP contribution >= 0.6 is 0 Å². The minimum absolute atomic E-state index is 0.0553. The molecule has 0 heterocycles. The lowest BCUT2D eigenvalue weighted by Gasteiger charge is -2.18. The van der Waals surface area contributed by atoms with E-state index in [-0.39, 0.29) is 11.3 Å². The van der Waals surface area contributed by atoms with Crippen molar-refractivity contribution >= 4 is 12.1 Å². The molecule has 0 fully saturated rings. The van der Waals surface area contributed by atoms with Crippen molar-refractivity contribution in [1.29, 1.82) is 0 Å². The Labute approximate surface area is 155 Å². The first-order valence-electron chi connectivity index (χ1n) is 8.60. The third kappa shape index (κ3) is 5.09. The number of benzene rings is 2. The van der Waals surface area contributed by atoms with Crippen LogP contribution in [0.15, 0.2) is 47.6 Å². The Morgan fingerprint density at radius 3 is 2.38 bits per heavy atom. The molecule has 138 valence electrons. The molecule has 0 aliphatic carbocycles. The molecule has 26 heavy (non-hydrogen) atoms. The van der Waals surface area contributed by atoms with Crippen LogP contribution in [-0.4, -0.2) is 25.8 Å². The van der Waals surface area contributed by atoms with Gasteiger partial charge >= 0.3 is 0 Å². The average molecular weight is 354 g/mol. The van der Waals surface area contributed by atoms with E-state index in [1.54, 1.807) is 19.4 Å². The smallest absolute Gasteiger partial charge is 0.271 e. The summed E-state index contributed by atoms with van der Waals surface area (Å²) in [4.78, 5) is 12.2. The zero-order chi connectivity index (χ0) is 19.2. The Bertz CT molecular complexity index is 775. The van der Waals surface area contributed by atoms with E-state index >= 15 is 0 Å². The van der Waals surface area contributed by atoms with Crippen LogP contribution < -0.4 is 14.9 Å². The van der Waals surface area contributed by atoms with Gasteiger partial charge in [0.1, 0.15) is 0 Å². The van der Waals surface area contributed by atoms with Crippen molar-refractivity contribution in [2.75, 3.05) is 13.7 Å². The Kier molecular flexibility index (Phi) is 6.39. The summed E-state index contributed by atoms with van der Waals surface area (Å²) in [5, 5.41) is 4.02. The summed E-state index contributed by atoms with van der Waals surface area (Å²) in [5.41, 5.74) is 5.15. The van der Waals surface area contributed by atoms with Crippen LogP contribution in [0.5, 0.6) is 11.5 Å². The number of hydrogen-bond acceptors (Lipinski definition) is 4. The molecule has 0 radical (unpaired) electrons. The fourth-order valence-corrected chi connectivity index (χ4v) is 2.39. The minimum atomic E-state index is -0.250. The Balaban J connectivity index is 2.03. The summed E-state index contributed by atoms with van der Waals surface area (Å²) >= 11 is 0. The maximum atomic E-state index is 12.2. The first-order valence-corrected chi connectivity index (χ1v) is 8.60. The molecule has 0 saturated heterocycles. The van der Waals surface area contributed by atoms with Crippen LogP contribution in [0.4, 0.5) is 0 Å². The molecule has 2 aromatic rings. The highest BCUT2D eigenvalue weighted by molar-refractivity contribution is 5.95. The molecule has 5 nitrogen and oxygen atoms in total. The number of ether oxygens (including phenoxy) is 2. The first kappa shape index (κ1) is 19.5. The fourth-order valence-electron chi connectivity index (χ4n) is 2.39. The van der Waals surface area contributed by atoms with E-state index in [9.17, 15) is 4.79 Å². The summed E-state index contributed by atoms with van der Waals surface area (Å²) in [6.45, 7) is 8.86. The van der Waals surface area contributed by atoms with Gasteiger partial charge in [-0.05, 0) is 53.8 Å². The molecule has 1 amide bonds. The van der Waals surface area contributed by atoms with Gasteiger partial charge in [-0.2, -0.15) is 5.10 Å². The number of hydrogen-bond donors (Lipinski definition) is 1. The molecule has 0 saturated carbocycles. The standard InChI is InChI=1S/C21H26N2O3/c1-6-26-19-13-15(7-12-18(19)25-5)14-22-23-20(24)16-8-10-17(11-9-16)21(2,3)4/h7-14H,6H2,1-5H3,(H,23,24)/b22-14+. The molecular weight excluding hydrogens is 328 g/mol. The van der Waals surface area contributed by atoms with E-state index < -0.39 is 0 Å². The highest BCUT2D eigenvalue weighted by Gasteiger charge is 2.14. The molecule has 0 bridgehead atoms. The lowest BCUT2D eigenvalue weighted by molar-refractivity contribution is 0.0955. The zero-order valence-electron chi connectivity index (χ0n) is 16.0. The normalized spacial score (nSPS) is 11.4. The van der Waals surface area contributed by atoms with Crippen LogP contribution in [0, 0.1) is 0 Å². The van der Waals surface area contributed by atoms with E-state index in [4.69, 9.17) is 9.47 Å². The number of rotatable bonds is 6. The van der Waals surface area contributed by atoms with E-state index in [0.717, 1.165) is 5.56 Å². The van der Waals surface area contributed by atoms with Crippen molar-refractivity contribution in [3.8, 4) is 11.5 Å². The van der Waals surface area contributed by atoms with Gasteiger partial charge in [-0.15, -0.1) is 0 Å². The molecule has 0 atom stereocenters. The Hall–Kier alpha value is -2.82. The molecular formula is C21H26N2O3. The van der Waals surface area contributed by atoms with E-state index in [2.05, 4.69) is 31.3 Å². The van der Waals surface area contributed by atoms with E-state index in [1.165, 1.54) is 5.56 Å². The van der Waals surface area contributed by atoms with Gasteiger partial charge in [0.2, 0.25) is 0 Å². The van der Waals surface area contributed by atoms with Gasteiger partial charge in [-0.25, -0.2) is 5.43 Å². The van der Waals surface area contributed by atoms with Gasteiger partial charge < -0.3 is 9.47 Å². The molecule has 0 aromatic heterocycles. The summed E-state index contributed by atoms with van der Waals surface area (Å²) < 4.78 is 10.8. The van der Waals surface area contributed by atoms with E-state index in [0.29, 0.717) is 23.7 Å². The monoisotopic (exact) mass is 354 g/mol. The van der Waals surface area contributed by atoms with Gasteiger partial charge in [0.25, 0.3) is 5.91 Å². The third-order valence-corrected chi connectivity index (χ3v) is 3.88. The molecule has 1 N–H and O–H groups in total. The third-order valence-electron chi connectivity index (χ3n) is 3.88. The van der Waals surface area contributed by atoms with E-state index in [1.807, 2.05) is 43.3 Å². The van der Waals surface area contributed by atoms with Crippen molar-refractivity contribution in [3.05, 3.63) is 59.2 Å². The van der Waals surface area contributed by atoms with Crippen LogP contribution in [0.3, 0.4) is 0 Å². The highest BCUT2D eigenvalue weighted by atomic mass is 16.5. The Morgan fingerprint density at radius 2 is 1.81 bits per heavy atom. The molecule has 0 unspecified atom stereocenters. The fraction of sp³-hybridized carbons (Fsp3) is 0.333. The molecule has 2 rings (SSSR count). The number of amides is 1. The van der Waals surface area contributed by atoms with Crippen molar-refractivity contribution < 1.29 is 14.3 Å². The topological polar surface area (TPSA) is 59.9 Å². The Morgan fingerprint density at radius 1 is 1.12 bits per heavy atom. The van der Waals surface area contributed by atoms with Gasteiger partial charge in [-0.1, -0.05) is 32.9 Å². The second-order valence-corrected chi connectivity index (χ2v) is 6.87. The number of nitrogens with zero attached hydrogens (tertiary/aromatic N) is 1.